The van der Waals surface area contributed by atoms with Crippen LogP contribution in [-0.4, -0.2) is 33.2 Å². The van der Waals surface area contributed by atoms with Crippen LogP contribution >= 0.6 is 15.9 Å². The van der Waals surface area contributed by atoms with Crippen molar-refractivity contribution in [2.24, 2.45) is 0 Å². The van der Waals surface area contributed by atoms with Gasteiger partial charge in [0.2, 0.25) is 15.9 Å². The topological polar surface area (TPSA) is 57.7 Å². The number of aryl methyl sites for hydroxylation is 1. The van der Waals surface area contributed by atoms with Crippen LogP contribution in [0.3, 0.4) is 0 Å². The average molecular weight is 437 g/mol. The van der Waals surface area contributed by atoms with Crippen LogP contribution in [0.4, 0.5) is 11.4 Å². The molecule has 0 fully saturated rings. The fourth-order valence-electron chi connectivity index (χ4n) is 3.33. The lowest BCUT2D eigenvalue weighted by Gasteiger charge is -2.28. The van der Waals surface area contributed by atoms with Crippen LogP contribution in [-0.2, 0) is 21.2 Å². The Labute approximate surface area is 162 Å². The molecule has 7 heteroatoms. The third-order valence-electron chi connectivity index (χ3n) is 4.58. The van der Waals surface area contributed by atoms with E-state index in [2.05, 4.69) is 15.9 Å². The number of anilines is 2. The van der Waals surface area contributed by atoms with Gasteiger partial charge in [0, 0.05) is 16.2 Å². The number of rotatable bonds is 4. The number of amides is 1. The Balaban J connectivity index is 1.93. The number of hydrogen-bond donors (Lipinski definition) is 0. The first-order valence-corrected chi connectivity index (χ1v) is 11.0. The van der Waals surface area contributed by atoms with Crippen LogP contribution in [0.25, 0.3) is 0 Å². The van der Waals surface area contributed by atoms with Gasteiger partial charge in [-0.15, -0.1) is 0 Å². The second-order valence-electron chi connectivity index (χ2n) is 6.65. The number of carbonyl (C=O) groups is 1. The Morgan fingerprint density at radius 2 is 1.96 bits per heavy atom. The summed E-state index contributed by atoms with van der Waals surface area (Å²) >= 11 is 3.42. The highest BCUT2D eigenvalue weighted by Gasteiger charge is 2.33. The SMILES string of the molecule is Cc1cc(N(CC(=O)N2c3ccccc3CC2C)S(C)(=O)=O)ccc1Br. The van der Waals surface area contributed by atoms with Crippen LogP contribution < -0.4 is 9.21 Å². The zero-order valence-corrected chi connectivity index (χ0v) is 17.3. The van der Waals surface area contributed by atoms with Gasteiger partial charge in [0.05, 0.1) is 11.9 Å². The Kier molecular flexibility index (Phi) is 5.12. The number of hydrogen-bond acceptors (Lipinski definition) is 3. The maximum absolute atomic E-state index is 13.0. The molecule has 1 heterocycles. The summed E-state index contributed by atoms with van der Waals surface area (Å²) in [6.07, 6.45) is 1.90. The molecule has 3 rings (SSSR count). The molecule has 0 saturated carbocycles. The van der Waals surface area contributed by atoms with Crippen LogP contribution in [0.1, 0.15) is 18.1 Å². The summed E-state index contributed by atoms with van der Waals surface area (Å²) in [5, 5.41) is 0. The summed E-state index contributed by atoms with van der Waals surface area (Å²) in [6.45, 7) is 3.64. The molecule has 0 spiro atoms. The highest BCUT2D eigenvalue weighted by molar-refractivity contribution is 9.10. The third-order valence-corrected chi connectivity index (χ3v) is 6.61. The van der Waals surface area contributed by atoms with Crippen molar-refractivity contribution in [3.63, 3.8) is 0 Å². The van der Waals surface area contributed by atoms with Crippen LogP contribution in [0.5, 0.6) is 0 Å². The molecule has 138 valence electrons. The molecule has 0 aliphatic carbocycles. The summed E-state index contributed by atoms with van der Waals surface area (Å²) < 4.78 is 26.8. The van der Waals surface area contributed by atoms with E-state index in [1.165, 1.54) is 4.31 Å². The summed E-state index contributed by atoms with van der Waals surface area (Å²) in [5.74, 6) is -0.228. The number of benzene rings is 2. The Bertz CT molecular complexity index is 959. The standard InChI is InChI=1S/C19H21BrN2O3S/c1-13-10-16(8-9-17(13)20)21(26(3,24)25)12-19(23)22-14(2)11-15-6-4-5-7-18(15)22/h4-10,14H,11-12H2,1-3H3. The van der Waals surface area contributed by atoms with Crippen molar-refractivity contribution in [2.45, 2.75) is 26.3 Å². The maximum Gasteiger partial charge on any atom is 0.248 e. The first kappa shape index (κ1) is 18.9. The molecule has 1 unspecified atom stereocenters. The molecule has 0 bridgehead atoms. The van der Waals surface area contributed by atoms with Gasteiger partial charge in [-0.3, -0.25) is 9.10 Å². The Morgan fingerprint density at radius 3 is 2.62 bits per heavy atom. The minimum Gasteiger partial charge on any atom is -0.307 e. The normalized spacial score (nSPS) is 16.5. The molecule has 2 aromatic rings. The molecule has 1 aliphatic heterocycles. The van der Waals surface area contributed by atoms with Crippen molar-refractivity contribution in [2.75, 3.05) is 22.0 Å². The molecule has 2 aromatic carbocycles. The van der Waals surface area contributed by atoms with Crippen molar-refractivity contribution in [1.29, 1.82) is 0 Å². The number of nitrogens with zero attached hydrogens (tertiary/aromatic N) is 2. The average Bonchev–Trinajstić information content (AvgIpc) is 2.90. The lowest BCUT2D eigenvalue weighted by atomic mass is 10.1. The smallest absolute Gasteiger partial charge is 0.248 e. The molecule has 1 atom stereocenters. The monoisotopic (exact) mass is 436 g/mol. The van der Waals surface area contributed by atoms with E-state index in [-0.39, 0.29) is 18.5 Å². The molecule has 5 nitrogen and oxygen atoms in total. The van der Waals surface area contributed by atoms with Crippen molar-refractivity contribution >= 4 is 43.2 Å². The van der Waals surface area contributed by atoms with Gasteiger partial charge in [0.25, 0.3) is 0 Å². The fourth-order valence-corrected chi connectivity index (χ4v) is 4.42. The lowest BCUT2D eigenvalue weighted by Crippen LogP contribution is -2.45. The first-order chi connectivity index (χ1) is 12.2. The van der Waals surface area contributed by atoms with Crippen molar-refractivity contribution in [3.05, 3.63) is 58.1 Å². The molecule has 0 saturated heterocycles. The number of sulfonamides is 1. The number of halogens is 1. The summed E-state index contributed by atoms with van der Waals surface area (Å²) in [4.78, 5) is 14.7. The van der Waals surface area contributed by atoms with Gasteiger partial charge in [-0.05, 0) is 55.7 Å². The molecule has 0 radical (unpaired) electrons. The number of fused-ring (bicyclic) bond motifs is 1. The quantitative estimate of drug-likeness (QED) is 0.736. The van der Waals surface area contributed by atoms with Gasteiger partial charge in [-0.2, -0.15) is 0 Å². The zero-order valence-electron chi connectivity index (χ0n) is 14.9. The minimum absolute atomic E-state index is 0.00737. The molecule has 26 heavy (non-hydrogen) atoms. The van der Waals surface area contributed by atoms with Gasteiger partial charge in [0.15, 0.2) is 0 Å². The summed E-state index contributed by atoms with van der Waals surface area (Å²) in [6, 6.07) is 13.0. The van der Waals surface area contributed by atoms with Gasteiger partial charge >= 0.3 is 0 Å². The van der Waals surface area contributed by atoms with Crippen LogP contribution in [0.15, 0.2) is 46.9 Å². The van der Waals surface area contributed by atoms with Crippen molar-refractivity contribution in [3.8, 4) is 0 Å². The second-order valence-corrected chi connectivity index (χ2v) is 9.41. The van der Waals surface area contributed by atoms with Gasteiger partial charge < -0.3 is 4.90 Å². The molecule has 1 aliphatic rings. The van der Waals surface area contributed by atoms with E-state index in [4.69, 9.17) is 0 Å². The summed E-state index contributed by atoms with van der Waals surface area (Å²) in [5.41, 5.74) is 3.37. The van der Waals surface area contributed by atoms with E-state index in [1.807, 2.05) is 38.1 Å². The molecular formula is C19H21BrN2O3S. The number of para-hydroxylation sites is 1. The largest absolute Gasteiger partial charge is 0.307 e. The van der Waals surface area contributed by atoms with E-state index in [1.54, 1.807) is 23.1 Å². The zero-order chi connectivity index (χ0) is 19.1. The Hall–Kier alpha value is -1.86. The summed E-state index contributed by atoms with van der Waals surface area (Å²) in [7, 11) is -3.60. The Morgan fingerprint density at radius 1 is 1.27 bits per heavy atom. The molecule has 0 aromatic heterocycles. The van der Waals surface area contributed by atoms with E-state index < -0.39 is 10.0 Å². The van der Waals surface area contributed by atoms with Gasteiger partial charge in [-0.1, -0.05) is 34.1 Å². The molecule has 0 N–H and O–H groups in total. The van der Waals surface area contributed by atoms with Crippen LogP contribution in [0.2, 0.25) is 0 Å². The lowest BCUT2D eigenvalue weighted by molar-refractivity contribution is -0.117. The van der Waals surface area contributed by atoms with E-state index in [0.29, 0.717) is 5.69 Å². The first-order valence-electron chi connectivity index (χ1n) is 8.32. The van der Waals surface area contributed by atoms with E-state index in [0.717, 1.165) is 34.0 Å². The predicted octanol–water partition coefficient (Wildman–Crippen LogP) is 3.50. The van der Waals surface area contributed by atoms with Gasteiger partial charge in [-0.25, -0.2) is 8.42 Å². The minimum atomic E-state index is -3.60. The van der Waals surface area contributed by atoms with E-state index >= 15 is 0 Å². The van der Waals surface area contributed by atoms with Crippen molar-refractivity contribution in [1.82, 2.24) is 0 Å². The van der Waals surface area contributed by atoms with E-state index in [9.17, 15) is 13.2 Å². The fraction of sp³-hybridized carbons (Fsp3) is 0.316. The highest BCUT2D eigenvalue weighted by Crippen LogP contribution is 2.32. The number of carbonyl (C=O) groups excluding carboxylic acids is 1. The second kappa shape index (κ2) is 7.04. The van der Waals surface area contributed by atoms with Crippen molar-refractivity contribution < 1.29 is 13.2 Å². The van der Waals surface area contributed by atoms with Crippen LogP contribution in [0, 0.1) is 6.92 Å². The molecular weight excluding hydrogens is 416 g/mol. The molecule has 1 amide bonds. The predicted molar refractivity (Wildman–Crippen MR) is 108 cm³/mol. The highest BCUT2D eigenvalue weighted by atomic mass is 79.9. The third kappa shape index (κ3) is 3.64. The maximum atomic E-state index is 13.0. The van der Waals surface area contributed by atoms with Gasteiger partial charge in [0.1, 0.15) is 6.54 Å².